The number of hydrogen-bond acceptors (Lipinski definition) is 4. The maximum Gasteiger partial charge on any atom is 0.161 e. The monoisotopic (exact) mass is 241 g/mol. The Morgan fingerprint density at radius 3 is 2.61 bits per heavy atom. The highest BCUT2D eigenvalue weighted by molar-refractivity contribution is 5.93. The van der Waals surface area contributed by atoms with E-state index in [0.717, 1.165) is 11.5 Å². The molecule has 4 heteroatoms. The van der Waals surface area contributed by atoms with E-state index >= 15 is 0 Å². The third kappa shape index (κ3) is 2.91. The molecule has 0 radical (unpaired) electrons. The average molecular weight is 241 g/mol. The van der Waals surface area contributed by atoms with Gasteiger partial charge in [-0.3, -0.25) is 9.78 Å². The summed E-state index contributed by atoms with van der Waals surface area (Å²) in [5.41, 5.74) is 1.61. The van der Waals surface area contributed by atoms with Gasteiger partial charge in [0.1, 0.15) is 5.82 Å². The van der Waals surface area contributed by atoms with Crippen molar-refractivity contribution in [1.82, 2.24) is 9.97 Å². The summed E-state index contributed by atoms with van der Waals surface area (Å²) in [7, 11) is 1.95. The molecule has 0 aliphatic heterocycles. The maximum atomic E-state index is 11.2. The van der Waals surface area contributed by atoms with Crippen LogP contribution in [0, 0.1) is 0 Å². The smallest absolute Gasteiger partial charge is 0.161 e. The minimum atomic E-state index is 0.0291. The normalized spacial score (nSPS) is 10.1. The van der Waals surface area contributed by atoms with Crippen LogP contribution in [0.5, 0.6) is 0 Å². The molecule has 0 bridgehead atoms. The summed E-state index contributed by atoms with van der Waals surface area (Å²) < 4.78 is 0. The number of aromatic nitrogens is 2. The molecule has 2 heterocycles. The van der Waals surface area contributed by atoms with E-state index in [2.05, 4.69) is 9.97 Å². The lowest BCUT2D eigenvalue weighted by molar-refractivity contribution is 0.101. The second-order valence-corrected chi connectivity index (χ2v) is 4.14. The number of hydrogen-bond donors (Lipinski definition) is 0. The van der Waals surface area contributed by atoms with Crippen LogP contribution in [0.3, 0.4) is 0 Å². The summed E-state index contributed by atoms with van der Waals surface area (Å²) >= 11 is 0. The van der Waals surface area contributed by atoms with Gasteiger partial charge >= 0.3 is 0 Å². The summed E-state index contributed by atoms with van der Waals surface area (Å²) in [6, 6.07) is 9.46. The van der Waals surface area contributed by atoms with Gasteiger partial charge in [0.25, 0.3) is 0 Å². The van der Waals surface area contributed by atoms with Gasteiger partial charge in [0.2, 0.25) is 0 Å². The molecule has 92 valence electrons. The zero-order valence-electron chi connectivity index (χ0n) is 10.5. The van der Waals surface area contributed by atoms with Gasteiger partial charge in [0, 0.05) is 25.0 Å². The fraction of sp³-hybridized carbons (Fsp3) is 0.214. The highest BCUT2D eigenvalue weighted by Gasteiger charge is 2.05. The van der Waals surface area contributed by atoms with E-state index in [1.54, 1.807) is 18.5 Å². The average Bonchev–Trinajstić information content (AvgIpc) is 2.40. The van der Waals surface area contributed by atoms with Crippen LogP contribution in [0.2, 0.25) is 0 Å². The zero-order valence-corrected chi connectivity index (χ0v) is 10.5. The number of carbonyl (C=O) groups is 1. The van der Waals surface area contributed by atoms with Gasteiger partial charge in [-0.2, -0.15) is 0 Å². The number of nitrogens with zero attached hydrogens (tertiary/aromatic N) is 3. The molecule has 0 aliphatic carbocycles. The number of pyridine rings is 2. The molecule has 0 unspecified atom stereocenters. The first kappa shape index (κ1) is 12.2. The minimum Gasteiger partial charge on any atom is -0.354 e. The van der Waals surface area contributed by atoms with Crippen LogP contribution in [-0.2, 0) is 6.54 Å². The molecule has 0 aromatic carbocycles. The van der Waals surface area contributed by atoms with Crippen molar-refractivity contribution in [3.8, 4) is 0 Å². The van der Waals surface area contributed by atoms with Crippen molar-refractivity contribution in [1.29, 1.82) is 0 Å². The number of carbonyl (C=O) groups excluding carboxylic acids is 1. The topological polar surface area (TPSA) is 46.1 Å². The highest BCUT2D eigenvalue weighted by Crippen LogP contribution is 2.12. The number of anilines is 1. The standard InChI is InChI=1S/C14H15N3O/c1-11(18)12-6-7-14(16-9-12)17(2)10-13-5-3-4-8-15-13/h3-9H,10H2,1-2H3. The van der Waals surface area contributed by atoms with Crippen LogP contribution in [-0.4, -0.2) is 22.8 Å². The zero-order chi connectivity index (χ0) is 13.0. The molecule has 2 rings (SSSR count). The van der Waals surface area contributed by atoms with Crippen molar-refractivity contribution < 1.29 is 4.79 Å². The second kappa shape index (κ2) is 5.40. The third-order valence-corrected chi connectivity index (χ3v) is 2.67. The summed E-state index contributed by atoms with van der Waals surface area (Å²) in [4.78, 5) is 21.7. The first-order valence-electron chi connectivity index (χ1n) is 5.75. The van der Waals surface area contributed by atoms with E-state index in [1.165, 1.54) is 6.92 Å². The van der Waals surface area contributed by atoms with E-state index < -0.39 is 0 Å². The lowest BCUT2D eigenvalue weighted by Crippen LogP contribution is -2.18. The number of ketones is 1. The Labute approximate surface area is 106 Å². The first-order valence-corrected chi connectivity index (χ1v) is 5.75. The van der Waals surface area contributed by atoms with Crippen molar-refractivity contribution in [2.75, 3.05) is 11.9 Å². The van der Waals surface area contributed by atoms with Crippen LogP contribution in [0.4, 0.5) is 5.82 Å². The van der Waals surface area contributed by atoms with Crippen LogP contribution in [0.25, 0.3) is 0 Å². The summed E-state index contributed by atoms with van der Waals surface area (Å²) in [6.45, 7) is 2.22. The van der Waals surface area contributed by atoms with E-state index in [-0.39, 0.29) is 5.78 Å². The predicted molar refractivity (Wildman–Crippen MR) is 70.6 cm³/mol. The second-order valence-electron chi connectivity index (χ2n) is 4.14. The Balaban J connectivity index is 2.09. The summed E-state index contributed by atoms with van der Waals surface area (Å²) in [6.07, 6.45) is 3.38. The van der Waals surface area contributed by atoms with Crippen molar-refractivity contribution in [3.63, 3.8) is 0 Å². The van der Waals surface area contributed by atoms with Gasteiger partial charge in [-0.15, -0.1) is 0 Å². The van der Waals surface area contributed by atoms with Crippen LogP contribution in [0.15, 0.2) is 42.7 Å². The molecular formula is C14H15N3O. The van der Waals surface area contributed by atoms with Crippen LogP contribution in [0.1, 0.15) is 23.0 Å². The lowest BCUT2D eigenvalue weighted by atomic mass is 10.2. The van der Waals surface area contributed by atoms with Gasteiger partial charge in [0.15, 0.2) is 5.78 Å². The van der Waals surface area contributed by atoms with E-state index in [4.69, 9.17) is 0 Å². The van der Waals surface area contributed by atoms with Crippen molar-refractivity contribution in [3.05, 3.63) is 54.0 Å². The van der Waals surface area contributed by atoms with Crippen molar-refractivity contribution in [2.24, 2.45) is 0 Å². The molecule has 0 atom stereocenters. The highest BCUT2D eigenvalue weighted by atomic mass is 16.1. The number of rotatable bonds is 4. The van der Waals surface area contributed by atoms with Gasteiger partial charge in [0.05, 0.1) is 12.2 Å². The molecule has 0 N–H and O–H groups in total. The first-order chi connectivity index (χ1) is 8.66. The third-order valence-electron chi connectivity index (χ3n) is 2.67. The Morgan fingerprint density at radius 2 is 2.06 bits per heavy atom. The maximum absolute atomic E-state index is 11.2. The minimum absolute atomic E-state index is 0.0291. The van der Waals surface area contributed by atoms with E-state index in [0.29, 0.717) is 12.1 Å². The Kier molecular flexibility index (Phi) is 3.67. The van der Waals surface area contributed by atoms with E-state index in [1.807, 2.05) is 36.2 Å². The molecule has 18 heavy (non-hydrogen) atoms. The molecule has 0 saturated carbocycles. The lowest BCUT2D eigenvalue weighted by Gasteiger charge is -2.17. The van der Waals surface area contributed by atoms with Crippen LogP contribution < -0.4 is 4.90 Å². The Morgan fingerprint density at radius 1 is 1.22 bits per heavy atom. The predicted octanol–water partition coefficient (Wildman–Crippen LogP) is 2.32. The van der Waals surface area contributed by atoms with Gasteiger partial charge in [-0.25, -0.2) is 4.98 Å². The molecular weight excluding hydrogens is 226 g/mol. The van der Waals surface area contributed by atoms with Gasteiger partial charge < -0.3 is 4.90 Å². The van der Waals surface area contributed by atoms with Gasteiger partial charge in [-0.1, -0.05) is 6.07 Å². The number of Topliss-reactive ketones (excluding diaryl/α,β-unsaturated/α-hetero) is 1. The van der Waals surface area contributed by atoms with Crippen molar-refractivity contribution >= 4 is 11.6 Å². The summed E-state index contributed by atoms with van der Waals surface area (Å²) in [5, 5.41) is 0. The SMILES string of the molecule is CC(=O)c1ccc(N(C)Cc2ccccn2)nc1. The Hall–Kier alpha value is -2.23. The van der Waals surface area contributed by atoms with Gasteiger partial charge in [-0.05, 0) is 31.2 Å². The van der Waals surface area contributed by atoms with E-state index in [9.17, 15) is 4.79 Å². The summed E-state index contributed by atoms with van der Waals surface area (Å²) in [5.74, 6) is 0.854. The molecule has 0 saturated heterocycles. The molecule has 0 amide bonds. The molecule has 0 fully saturated rings. The molecule has 2 aromatic rings. The largest absolute Gasteiger partial charge is 0.354 e. The quantitative estimate of drug-likeness (QED) is 0.771. The van der Waals surface area contributed by atoms with Crippen molar-refractivity contribution in [2.45, 2.75) is 13.5 Å². The molecule has 4 nitrogen and oxygen atoms in total. The molecule has 2 aromatic heterocycles. The molecule has 0 aliphatic rings. The fourth-order valence-electron chi connectivity index (χ4n) is 1.64. The fourth-order valence-corrected chi connectivity index (χ4v) is 1.64. The van der Waals surface area contributed by atoms with Crippen LogP contribution >= 0.6 is 0 Å². The Bertz CT molecular complexity index is 522. The molecule has 0 spiro atoms.